The van der Waals surface area contributed by atoms with Gasteiger partial charge in [-0.05, 0) is 24.1 Å². The van der Waals surface area contributed by atoms with Crippen LogP contribution in [-0.4, -0.2) is 54.3 Å². The van der Waals surface area contributed by atoms with E-state index < -0.39 is 0 Å². The highest BCUT2D eigenvalue weighted by molar-refractivity contribution is 6.29. The molecule has 0 unspecified atom stereocenters. The molecule has 0 saturated carbocycles. The van der Waals surface area contributed by atoms with Gasteiger partial charge in [-0.3, -0.25) is 4.98 Å². The molecular formula is C21H25ClN6O. The lowest BCUT2D eigenvalue weighted by molar-refractivity contribution is 0.122. The highest BCUT2D eigenvalue weighted by atomic mass is 35.5. The number of nitrogens with one attached hydrogen (secondary N) is 2. The number of hydrogen-bond donors (Lipinski definition) is 2. The summed E-state index contributed by atoms with van der Waals surface area (Å²) in [6.07, 6.45) is 2.84. The Morgan fingerprint density at radius 1 is 1.07 bits per heavy atom. The maximum Gasteiger partial charge on any atom is 0.226 e. The maximum absolute atomic E-state index is 6.20. The number of pyridine rings is 1. The standard InChI is InChI=1S/C21H25ClN6O/c1-2-15-3-4-16-17(5-6-23-18(16)13-15)24-7-8-25-21-26-19(22)14-20(27-21)28-9-11-29-12-10-28/h3-6,13-14H,2,7-12H2,1H3,(H,23,24)(H,25,26,27). The topological polar surface area (TPSA) is 75.2 Å². The normalized spacial score (nSPS) is 14.2. The van der Waals surface area contributed by atoms with Crippen LogP contribution in [0.15, 0.2) is 36.5 Å². The second-order valence-electron chi connectivity index (χ2n) is 6.89. The fourth-order valence-corrected chi connectivity index (χ4v) is 3.56. The average Bonchev–Trinajstić information content (AvgIpc) is 2.76. The van der Waals surface area contributed by atoms with Gasteiger partial charge in [-0.2, -0.15) is 4.98 Å². The Bertz CT molecular complexity index is 977. The van der Waals surface area contributed by atoms with Gasteiger partial charge < -0.3 is 20.3 Å². The first kappa shape index (κ1) is 19.7. The first-order valence-corrected chi connectivity index (χ1v) is 10.3. The summed E-state index contributed by atoms with van der Waals surface area (Å²) in [5.74, 6) is 1.36. The lowest BCUT2D eigenvalue weighted by Crippen LogP contribution is -2.36. The zero-order valence-corrected chi connectivity index (χ0v) is 17.2. The third-order valence-electron chi connectivity index (χ3n) is 4.96. The van der Waals surface area contributed by atoms with E-state index in [9.17, 15) is 0 Å². The Kier molecular flexibility index (Phi) is 6.27. The zero-order valence-electron chi connectivity index (χ0n) is 16.5. The second-order valence-corrected chi connectivity index (χ2v) is 7.28. The molecule has 8 heteroatoms. The van der Waals surface area contributed by atoms with Crippen LogP contribution in [0, 0.1) is 0 Å². The molecule has 1 aliphatic rings. The lowest BCUT2D eigenvalue weighted by Gasteiger charge is -2.28. The molecular weight excluding hydrogens is 388 g/mol. The predicted octanol–water partition coefficient (Wildman–Crippen LogP) is 3.60. The molecule has 1 aromatic carbocycles. The number of aromatic nitrogens is 3. The van der Waals surface area contributed by atoms with Crippen LogP contribution in [0.25, 0.3) is 10.9 Å². The van der Waals surface area contributed by atoms with Gasteiger partial charge in [0.2, 0.25) is 5.95 Å². The number of morpholine rings is 1. The number of anilines is 3. The van der Waals surface area contributed by atoms with Crippen molar-refractivity contribution in [2.45, 2.75) is 13.3 Å². The molecule has 0 amide bonds. The molecule has 0 spiro atoms. The number of hydrogen-bond acceptors (Lipinski definition) is 7. The van der Waals surface area contributed by atoms with E-state index in [2.05, 4.69) is 55.6 Å². The highest BCUT2D eigenvalue weighted by Crippen LogP contribution is 2.23. The first-order valence-electron chi connectivity index (χ1n) is 9.95. The summed E-state index contributed by atoms with van der Waals surface area (Å²) in [6, 6.07) is 10.2. The van der Waals surface area contributed by atoms with E-state index in [4.69, 9.17) is 16.3 Å². The Labute approximate surface area is 175 Å². The fraction of sp³-hybridized carbons (Fsp3) is 0.381. The van der Waals surface area contributed by atoms with Gasteiger partial charge in [0.15, 0.2) is 0 Å². The number of ether oxygens (including phenoxy) is 1. The van der Waals surface area contributed by atoms with Crippen LogP contribution >= 0.6 is 11.6 Å². The molecule has 29 heavy (non-hydrogen) atoms. The number of halogens is 1. The molecule has 1 fully saturated rings. The molecule has 3 heterocycles. The molecule has 3 aromatic rings. The van der Waals surface area contributed by atoms with Crippen LogP contribution in [0.3, 0.4) is 0 Å². The molecule has 0 atom stereocenters. The van der Waals surface area contributed by atoms with Gasteiger partial charge in [-0.15, -0.1) is 0 Å². The summed E-state index contributed by atoms with van der Waals surface area (Å²) in [7, 11) is 0. The third kappa shape index (κ3) is 4.86. The van der Waals surface area contributed by atoms with Crippen molar-refractivity contribution in [1.82, 2.24) is 15.0 Å². The summed E-state index contributed by atoms with van der Waals surface area (Å²) in [6.45, 7) is 6.56. The molecule has 0 radical (unpaired) electrons. The van der Waals surface area contributed by atoms with E-state index in [-0.39, 0.29) is 0 Å². The molecule has 0 aliphatic carbocycles. The van der Waals surface area contributed by atoms with Gasteiger partial charge in [0.25, 0.3) is 0 Å². The Balaban J connectivity index is 1.37. The first-order chi connectivity index (χ1) is 14.2. The van der Waals surface area contributed by atoms with E-state index in [1.54, 1.807) is 6.07 Å². The van der Waals surface area contributed by atoms with Crippen molar-refractivity contribution >= 4 is 40.0 Å². The van der Waals surface area contributed by atoms with Crippen molar-refractivity contribution in [1.29, 1.82) is 0 Å². The maximum atomic E-state index is 6.20. The van der Waals surface area contributed by atoms with E-state index in [0.717, 1.165) is 48.5 Å². The Morgan fingerprint density at radius 2 is 1.90 bits per heavy atom. The summed E-state index contributed by atoms with van der Waals surface area (Å²) < 4.78 is 5.40. The van der Waals surface area contributed by atoms with Gasteiger partial charge in [-0.25, -0.2) is 4.98 Å². The van der Waals surface area contributed by atoms with Crippen LogP contribution in [0.5, 0.6) is 0 Å². The minimum atomic E-state index is 0.434. The van der Waals surface area contributed by atoms with Crippen molar-refractivity contribution < 1.29 is 4.74 Å². The molecule has 7 nitrogen and oxygen atoms in total. The monoisotopic (exact) mass is 412 g/mol. The summed E-state index contributed by atoms with van der Waals surface area (Å²) in [5, 5.41) is 8.29. The van der Waals surface area contributed by atoms with Crippen LogP contribution in [0.2, 0.25) is 5.15 Å². The number of fused-ring (bicyclic) bond motifs is 1. The quantitative estimate of drug-likeness (QED) is 0.453. The number of rotatable bonds is 7. The molecule has 1 aliphatic heterocycles. The van der Waals surface area contributed by atoms with E-state index in [1.807, 2.05) is 12.3 Å². The third-order valence-corrected chi connectivity index (χ3v) is 5.15. The van der Waals surface area contributed by atoms with Gasteiger partial charge >= 0.3 is 0 Å². The van der Waals surface area contributed by atoms with Crippen molar-refractivity contribution in [2.24, 2.45) is 0 Å². The molecule has 4 rings (SSSR count). The van der Waals surface area contributed by atoms with Gasteiger partial charge in [-0.1, -0.05) is 30.7 Å². The van der Waals surface area contributed by atoms with E-state index >= 15 is 0 Å². The van der Waals surface area contributed by atoms with Gasteiger partial charge in [0, 0.05) is 49.5 Å². The zero-order chi connectivity index (χ0) is 20.1. The van der Waals surface area contributed by atoms with Crippen molar-refractivity contribution in [3.05, 3.63) is 47.2 Å². The van der Waals surface area contributed by atoms with Crippen molar-refractivity contribution in [3.8, 4) is 0 Å². The Hall–Kier alpha value is -2.64. The fourth-order valence-electron chi connectivity index (χ4n) is 3.38. The van der Waals surface area contributed by atoms with Crippen LogP contribution < -0.4 is 15.5 Å². The predicted molar refractivity (Wildman–Crippen MR) is 118 cm³/mol. The van der Waals surface area contributed by atoms with E-state index in [1.165, 1.54) is 5.56 Å². The number of aryl methyl sites for hydroxylation is 1. The van der Waals surface area contributed by atoms with Crippen molar-refractivity contribution in [3.63, 3.8) is 0 Å². The smallest absolute Gasteiger partial charge is 0.226 e. The molecule has 2 aromatic heterocycles. The largest absolute Gasteiger partial charge is 0.383 e. The minimum absolute atomic E-state index is 0.434. The summed E-state index contributed by atoms with van der Waals surface area (Å²) in [5.41, 5.74) is 3.37. The summed E-state index contributed by atoms with van der Waals surface area (Å²) in [4.78, 5) is 15.5. The number of nitrogens with zero attached hydrogens (tertiary/aromatic N) is 4. The van der Waals surface area contributed by atoms with Crippen LogP contribution in [0.4, 0.5) is 17.5 Å². The number of benzene rings is 1. The van der Waals surface area contributed by atoms with Crippen molar-refractivity contribution in [2.75, 3.05) is 54.9 Å². The van der Waals surface area contributed by atoms with Gasteiger partial charge in [0.05, 0.1) is 18.7 Å². The average molecular weight is 413 g/mol. The van der Waals surface area contributed by atoms with Crippen LogP contribution in [-0.2, 0) is 11.2 Å². The molecule has 0 bridgehead atoms. The summed E-state index contributed by atoms with van der Waals surface area (Å²) >= 11 is 6.20. The lowest BCUT2D eigenvalue weighted by atomic mass is 10.1. The SMILES string of the molecule is CCc1ccc2c(NCCNc3nc(Cl)cc(N4CCOCC4)n3)ccnc2c1. The Morgan fingerprint density at radius 3 is 2.72 bits per heavy atom. The highest BCUT2D eigenvalue weighted by Gasteiger charge is 2.14. The molecule has 1 saturated heterocycles. The second kappa shape index (κ2) is 9.24. The molecule has 2 N–H and O–H groups in total. The van der Waals surface area contributed by atoms with Crippen LogP contribution in [0.1, 0.15) is 12.5 Å². The van der Waals surface area contributed by atoms with Gasteiger partial charge in [0.1, 0.15) is 11.0 Å². The minimum Gasteiger partial charge on any atom is -0.383 e. The molecule has 152 valence electrons. The van der Waals surface area contributed by atoms with E-state index in [0.29, 0.717) is 30.9 Å².